The number of amides is 2. The lowest BCUT2D eigenvalue weighted by molar-refractivity contribution is 0.0635. The predicted octanol–water partition coefficient (Wildman–Crippen LogP) is 3.11. The maximum atomic E-state index is 11.9. The second-order valence-electron chi connectivity index (χ2n) is 6.49. The number of hydrogen-bond acceptors (Lipinski definition) is 6. The first-order valence-electron chi connectivity index (χ1n) is 8.02. The molecule has 0 fully saturated rings. The van der Waals surface area contributed by atoms with E-state index in [9.17, 15) is 9.59 Å². The standard InChI is InChI=1S/C16H22N6O4/c1-6-22-13(19-14(23)24)12(20-21-22)11-8-7-10(9(2)17-11)18-15(25)26-16(3,4)5/h7-8,19H,6H2,1-5H3,(H,18,25)(H,23,24). The van der Waals surface area contributed by atoms with Gasteiger partial charge in [0.05, 0.1) is 17.1 Å². The minimum absolute atomic E-state index is 0.236. The van der Waals surface area contributed by atoms with Gasteiger partial charge in [0.2, 0.25) is 0 Å². The van der Waals surface area contributed by atoms with Crippen molar-refractivity contribution < 1.29 is 19.4 Å². The molecule has 10 nitrogen and oxygen atoms in total. The number of carbonyl (C=O) groups excluding carboxylic acids is 1. The lowest BCUT2D eigenvalue weighted by Gasteiger charge is -2.20. The Morgan fingerprint density at radius 2 is 1.96 bits per heavy atom. The number of aromatic nitrogens is 4. The Bertz CT molecular complexity index is 825. The van der Waals surface area contributed by atoms with Gasteiger partial charge in [0.15, 0.2) is 11.5 Å². The maximum Gasteiger partial charge on any atom is 0.412 e. The van der Waals surface area contributed by atoms with Crippen LogP contribution in [0, 0.1) is 6.92 Å². The Morgan fingerprint density at radius 1 is 1.27 bits per heavy atom. The lowest BCUT2D eigenvalue weighted by atomic mass is 10.2. The lowest BCUT2D eigenvalue weighted by Crippen LogP contribution is -2.27. The zero-order valence-corrected chi connectivity index (χ0v) is 15.3. The average Bonchev–Trinajstić information content (AvgIpc) is 2.89. The molecule has 0 spiro atoms. The van der Waals surface area contributed by atoms with E-state index >= 15 is 0 Å². The van der Waals surface area contributed by atoms with Crippen molar-refractivity contribution in [3.63, 3.8) is 0 Å². The van der Waals surface area contributed by atoms with Crippen LogP contribution in [0.1, 0.15) is 33.4 Å². The fourth-order valence-corrected chi connectivity index (χ4v) is 2.17. The average molecular weight is 362 g/mol. The summed E-state index contributed by atoms with van der Waals surface area (Å²) >= 11 is 0. The monoisotopic (exact) mass is 362 g/mol. The first kappa shape index (κ1) is 19.2. The summed E-state index contributed by atoms with van der Waals surface area (Å²) in [5.41, 5.74) is 1.14. The van der Waals surface area contributed by atoms with E-state index in [4.69, 9.17) is 9.84 Å². The number of carboxylic acid groups (broad SMARTS) is 1. The Morgan fingerprint density at radius 3 is 2.50 bits per heavy atom. The summed E-state index contributed by atoms with van der Waals surface area (Å²) in [6.45, 7) is 9.29. The molecule has 0 bridgehead atoms. The van der Waals surface area contributed by atoms with Crippen LogP contribution in [0.2, 0.25) is 0 Å². The van der Waals surface area contributed by atoms with Crippen molar-refractivity contribution in [1.29, 1.82) is 0 Å². The number of ether oxygens (including phenoxy) is 1. The quantitative estimate of drug-likeness (QED) is 0.761. The van der Waals surface area contributed by atoms with E-state index in [-0.39, 0.29) is 5.82 Å². The van der Waals surface area contributed by atoms with Gasteiger partial charge in [-0.1, -0.05) is 5.21 Å². The Balaban J connectivity index is 2.29. The SMILES string of the molecule is CCn1nnc(-c2ccc(NC(=O)OC(C)(C)C)c(C)n2)c1NC(=O)O. The second-order valence-corrected chi connectivity index (χ2v) is 6.49. The second kappa shape index (κ2) is 7.38. The molecule has 2 aromatic heterocycles. The molecule has 0 saturated heterocycles. The summed E-state index contributed by atoms with van der Waals surface area (Å²) in [5, 5.41) is 21.8. The van der Waals surface area contributed by atoms with Crippen molar-refractivity contribution >= 4 is 23.7 Å². The van der Waals surface area contributed by atoms with Crippen molar-refractivity contribution in [2.75, 3.05) is 10.6 Å². The molecule has 2 amide bonds. The van der Waals surface area contributed by atoms with Crippen LogP contribution in [0.4, 0.5) is 21.1 Å². The van der Waals surface area contributed by atoms with E-state index in [1.807, 2.05) is 6.92 Å². The van der Waals surface area contributed by atoms with Crippen molar-refractivity contribution in [3.05, 3.63) is 17.8 Å². The van der Waals surface area contributed by atoms with Gasteiger partial charge in [-0.3, -0.25) is 10.6 Å². The van der Waals surface area contributed by atoms with Gasteiger partial charge in [-0.15, -0.1) is 5.10 Å². The summed E-state index contributed by atoms with van der Waals surface area (Å²) in [4.78, 5) is 27.3. The van der Waals surface area contributed by atoms with Gasteiger partial charge in [-0.25, -0.2) is 19.3 Å². The Hall–Kier alpha value is -3.17. The molecule has 2 aromatic rings. The van der Waals surface area contributed by atoms with Gasteiger partial charge in [0, 0.05) is 6.54 Å². The van der Waals surface area contributed by atoms with Gasteiger partial charge >= 0.3 is 12.2 Å². The van der Waals surface area contributed by atoms with Crippen LogP contribution in [0.25, 0.3) is 11.4 Å². The van der Waals surface area contributed by atoms with Gasteiger partial charge in [0.1, 0.15) is 5.60 Å². The number of nitrogens with zero attached hydrogens (tertiary/aromatic N) is 4. The van der Waals surface area contributed by atoms with Crippen LogP contribution < -0.4 is 10.6 Å². The van der Waals surface area contributed by atoms with Gasteiger partial charge < -0.3 is 9.84 Å². The van der Waals surface area contributed by atoms with E-state index in [2.05, 4.69) is 25.9 Å². The minimum Gasteiger partial charge on any atom is -0.465 e. The van der Waals surface area contributed by atoms with E-state index < -0.39 is 17.8 Å². The summed E-state index contributed by atoms with van der Waals surface area (Å²) in [5.74, 6) is 0.236. The fourth-order valence-electron chi connectivity index (χ4n) is 2.17. The van der Waals surface area contributed by atoms with Crippen LogP contribution in [-0.4, -0.2) is 42.9 Å². The topological polar surface area (TPSA) is 131 Å². The van der Waals surface area contributed by atoms with Gasteiger partial charge in [-0.2, -0.15) is 0 Å². The third kappa shape index (κ3) is 4.68. The molecule has 0 atom stereocenters. The van der Waals surface area contributed by atoms with Crippen molar-refractivity contribution in [2.24, 2.45) is 0 Å². The molecule has 3 N–H and O–H groups in total. The molecule has 0 aliphatic carbocycles. The maximum absolute atomic E-state index is 11.9. The highest BCUT2D eigenvalue weighted by molar-refractivity contribution is 5.88. The van der Waals surface area contributed by atoms with Gasteiger partial charge in [0.25, 0.3) is 0 Å². The highest BCUT2D eigenvalue weighted by Gasteiger charge is 2.20. The van der Waals surface area contributed by atoms with Crippen LogP contribution in [0.15, 0.2) is 12.1 Å². The fraction of sp³-hybridized carbons (Fsp3) is 0.438. The molecular weight excluding hydrogens is 340 g/mol. The summed E-state index contributed by atoms with van der Waals surface area (Å²) < 4.78 is 6.64. The van der Waals surface area contributed by atoms with Crippen molar-refractivity contribution in [1.82, 2.24) is 20.0 Å². The smallest absolute Gasteiger partial charge is 0.412 e. The zero-order chi connectivity index (χ0) is 19.5. The number of pyridine rings is 1. The van der Waals surface area contributed by atoms with Crippen LogP contribution in [0.5, 0.6) is 0 Å². The highest BCUT2D eigenvalue weighted by Crippen LogP contribution is 2.26. The van der Waals surface area contributed by atoms with Gasteiger partial charge in [-0.05, 0) is 46.8 Å². The van der Waals surface area contributed by atoms with Crippen molar-refractivity contribution in [2.45, 2.75) is 46.8 Å². The summed E-state index contributed by atoms with van der Waals surface area (Å²) in [6.07, 6.45) is -1.80. The molecule has 0 radical (unpaired) electrons. The molecule has 2 heterocycles. The van der Waals surface area contributed by atoms with E-state index in [1.165, 1.54) is 4.68 Å². The number of rotatable bonds is 4. The van der Waals surface area contributed by atoms with Crippen molar-refractivity contribution in [3.8, 4) is 11.4 Å². The predicted molar refractivity (Wildman–Crippen MR) is 95.2 cm³/mol. The first-order chi connectivity index (χ1) is 12.1. The molecular formula is C16H22N6O4. The Kier molecular flexibility index (Phi) is 5.44. The largest absolute Gasteiger partial charge is 0.465 e. The molecule has 2 rings (SSSR count). The molecule has 140 valence electrons. The molecule has 26 heavy (non-hydrogen) atoms. The molecule has 10 heteroatoms. The molecule has 0 saturated carbocycles. The Labute approximate surface area is 150 Å². The number of hydrogen-bond donors (Lipinski definition) is 3. The van der Waals surface area contributed by atoms with Crippen LogP contribution in [0.3, 0.4) is 0 Å². The normalized spacial score (nSPS) is 11.1. The number of aryl methyl sites for hydroxylation is 2. The summed E-state index contributed by atoms with van der Waals surface area (Å²) in [7, 11) is 0. The number of anilines is 2. The van der Waals surface area contributed by atoms with Crippen LogP contribution >= 0.6 is 0 Å². The molecule has 0 aliphatic heterocycles. The molecule has 0 unspecified atom stereocenters. The number of nitrogens with one attached hydrogen (secondary N) is 2. The summed E-state index contributed by atoms with van der Waals surface area (Å²) in [6, 6.07) is 3.27. The molecule has 0 aromatic carbocycles. The third-order valence-corrected chi connectivity index (χ3v) is 3.22. The molecule has 0 aliphatic rings. The van der Waals surface area contributed by atoms with Crippen LogP contribution in [-0.2, 0) is 11.3 Å². The highest BCUT2D eigenvalue weighted by atomic mass is 16.6. The van der Waals surface area contributed by atoms with E-state index in [0.29, 0.717) is 29.3 Å². The minimum atomic E-state index is -1.22. The van der Waals surface area contributed by atoms with E-state index in [0.717, 1.165) is 0 Å². The number of carbonyl (C=O) groups is 2. The first-order valence-corrected chi connectivity index (χ1v) is 8.02. The van der Waals surface area contributed by atoms with E-state index in [1.54, 1.807) is 39.8 Å². The zero-order valence-electron chi connectivity index (χ0n) is 15.3. The third-order valence-electron chi connectivity index (χ3n) is 3.22.